The van der Waals surface area contributed by atoms with Crippen LogP contribution in [0, 0.1) is 0 Å². The summed E-state index contributed by atoms with van der Waals surface area (Å²) < 4.78 is 0. The molecule has 0 spiro atoms. The van der Waals surface area contributed by atoms with Crippen LogP contribution in [0.1, 0.15) is 18.4 Å². The molecule has 0 bridgehead atoms. The Kier molecular flexibility index (Phi) is 4.61. The average Bonchev–Trinajstić information content (AvgIpc) is 2.92. The molecule has 5 heteroatoms. The second kappa shape index (κ2) is 6.41. The lowest BCUT2D eigenvalue weighted by Gasteiger charge is -2.21. The second-order valence-corrected chi connectivity index (χ2v) is 5.18. The van der Waals surface area contributed by atoms with Crippen LogP contribution in [0.5, 0.6) is 5.75 Å². The van der Waals surface area contributed by atoms with Gasteiger partial charge in [-0.2, -0.15) is 0 Å². The Labute approximate surface area is 118 Å². The normalized spacial score (nSPS) is 14.3. The molecule has 5 nitrogen and oxygen atoms in total. The molecule has 1 aliphatic rings. The fourth-order valence-corrected chi connectivity index (χ4v) is 2.33. The Morgan fingerprint density at radius 2 is 2.00 bits per heavy atom. The largest absolute Gasteiger partial charge is 0.508 e. The minimum atomic E-state index is -0.122. The molecule has 20 heavy (non-hydrogen) atoms. The highest BCUT2D eigenvalue weighted by molar-refractivity contribution is 5.85. The van der Waals surface area contributed by atoms with Gasteiger partial charge in [0.25, 0.3) is 0 Å². The minimum absolute atomic E-state index is 0.00857. The van der Waals surface area contributed by atoms with Gasteiger partial charge in [0.1, 0.15) is 5.75 Å². The zero-order chi connectivity index (χ0) is 14.5. The number of aromatic hydroxyl groups is 1. The van der Waals surface area contributed by atoms with Crippen molar-refractivity contribution in [3.8, 4) is 5.75 Å². The van der Waals surface area contributed by atoms with E-state index in [0.717, 1.165) is 31.5 Å². The van der Waals surface area contributed by atoms with Gasteiger partial charge in [-0.25, -0.2) is 0 Å². The van der Waals surface area contributed by atoms with Crippen LogP contribution >= 0.6 is 0 Å². The van der Waals surface area contributed by atoms with Crippen molar-refractivity contribution in [3.05, 3.63) is 29.8 Å². The first-order valence-electron chi connectivity index (χ1n) is 6.86. The van der Waals surface area contributed by atoms with Crippen LogP contribution < -0.4 is 0 Å². The third-order valence-corrected chi connectivity index (χ3v) is 3.52. The molecule has 1 aromatic carbocycles. The van der Waals surface area contributed by atoms with E-state index >= 15 is 0 Å². The summed E-state index contributed by atoms with van der Waals surface area (Å²) in [5, 5.41) is 9.37. The van der Waals surface area contributed by atoms with Gasteiger partial charge in [-0.3, -0.25) is 9.59 Å². The first-order valence-corrected chi connectivity index (χ1v) is 6.86. The summed E-state index contributed by atoms with van der Waals surface area (Å²) in [6, 6.07) is 6.61. The predicted octanol–water partition coefficient (Wildman–Crippen LogP) is 1.02. The van der Waals surface area contributed by atoms with Crippen molar-refractivity contribution in [2.24, 2.45) is 0 Å². The smallest absolute Gasteiger partial charge is 0.242 e. The fraction of sp³-hybridized carbons (Fsp3) is 0.467. The predicted molar refractivity (Wildman–Crippen MR) is 75.3 cm³/mol. The molecule has 1 fully saturated rings. The van der Waals surface area contributed by atoms with Gasteiger partial charge in [-0.1, -0.05) is 12.1 Å². The third kappa shape index (κ3) is 3.73. The molecule has 0 aromatic heterocycles. The molecule has 0 atom stereocenters. The van der Waals surface area contributed by atoms with Gasteiger partial charge < -0.3 is 14.9 Å². The van der Waals surface area contributed by atoms with E-state index in [0.29, 0.717) is 0 Å². The van der Waals surface area contributed by atoms with E-state index in [4.69, 9.17) is 0 Å². The maximum Gasteiger partial charge on any atom is 0.242 e. The van der Waals surface area contributed by atoms with Crippen molar-refractivity contribution in [2.45, 2.75) is 19.3 Å². The molecular weight excluding hydrogens is 256 g/mol. The van der Waals surface area contributed by atoms with Gasteiger partial charge in [0, 0.05) is 20.1 Å². The number of carbonyl (C=O) groups is 2. The number of likely N-dealkylation sites (N-methyl/N-ethyl adjacent to an activating group) is 1. The molecule has 1 aliphatic heterocycles. The number of phenols is 1. The zero-order valence-electron chi connectivity index (χ0n) is 11.7. The van der Waals surface area contributed by atoms with E-state index < -0.39 is 0 Å². The number of rotatable bonds is 4. The number of benzene rings is 1. The summed E-state index contributed by atoms with van der Waals surface area (Å²) in [6.07, 6.45) is 2.29. The van der Waals surface area contributed by atoms with Gasteiger partial charge in [0.2, 0.25) is 11.8 Å². The summed E-state index contributed by atoms with van der Waals surface area (Å²) in [5.74, 6) is 0.0310. The lowest BCUT2D eigenvalue weighted by atomic mass is 10.1. The van der Waals surface area contributed by atoms with Crippen LogP contribution in [0.3, 0.4) is 0 Å². The quantitative estimate of drug-likeness (QED) is 0.893. The number of hydrogen-bond donors (Lipinski definition) is 1. The fourth-order valence-electron chi connectivity index (χ4n) is 2.33. The molecule has 2 amide bonds. The summed E-state index contributed by atoms with van der Waals surface area (Å²) in [7, 11) is 1.64. The van der Waals surface area contributed by atoms with E-state index in [2.05, 4.69) is 0 Å². The van der Waals surface area contributed by atoms with Crippen molar-refractivity contribution in [1.82, 2.24) is 9.80 Å². The van der Waals surface area contributed by atoms with E-state index in [1.165, 1.54) is 4.90 Å². The second-order valence-electron chi connectivity index (χ2n) is 5.18. The van der Waals surface area contributed by atoms with Gasteiger partial charge in [0.15, 0.2) is 0 Å². The first-order chi connectivity index (χ1) is 9.56. The van der Waals surface area contributed by atoms with Crippen LogP contribution in [0.4, 0.5) is 0 Å². The van der Waals surface area contributed by atoms with Crippen molar-refractivity contribution >= 4 is 11.8 Å². The van der Waals surface area contributed by atoms with Crippen LogP contribution in [0.2, 0.25) is 0 Å². The van der Waals surface area contributed by atoms with E-state index in [1.54, 1.807) is 36.2 Å². The Balaban J connectivity index is 1.86. The number of likely N-dealkylation sites (tertiary alicyclic amines) is 1. The SMILES string of the molecule is CN(CC(=O)N1CCCC1)C(=O)Cc1cccc(O)c1. The van der Waals surface area contributed by atoms with Gasteiger partial charge in [0.05, 0.1) is 13.0 Å². The molecule has 1 heterocycles. The number of amides is 2. The standard InChI is InChI=1S/C15H20N2O3/c1-16(11-15(20)17-7-2-3-8-17)14(19)10-12-5-4-6-13(18)9-12/h4-6,9,18H,2-3,7-8,10-11H2,1H3. The summed E-state index contributed by atoms with van der Waals surface area (Å²) in [5.41, 5.74) is 0.746. The monoisotopic (exact) mass is 276 g/mol. The summed E-state index contributed by atoms with van der Waals surface area (Å²) >= 11 is 0. The minimum Gasteiger partial charge on any atom is -0.508 e. The van der Waals surface area contributed by atoms with Crippen molar-refractivity contribution < 1.29 is 14.7 Å². The molecule has 2 rings (SSSR count). The number of nitrogens with zero attached hydrogens (tertiary/aromatic N) is 2. The van der Waals surface area contributed by atoms with Gasteiger partial charge in [-0.05, 0) is 30.5 Å². The van der Waals surface area contributed by atoms with Gasteiger partial charge >= 0.3 is 0 Å². The highest BCUT2D eigenvalue weighted by atomic mass is 16.3. The third-order valence-electron chi connectivity index (χ3n) is 3.52. The van der Waals surface area contributed by atoms with Crippen LogP contribution in [0.15, 0.2) is 24.3 Å². The molecule has 0 saturated carbocycles. The average molecular weight is 276 g/mol. The van der Waals surface area contributed by atoms with E-state index in [9.17, 15) is 14.7 Å². The maximum atomic E-state index is 12.0. The van der Waals surface area contributed by atoms with Crippen molar-refractivity contribution in [3.63, 3.8) is 0 Å². The number of phenolic OH excluding ortho intramolecular Hbond substituents is 1. The first kappa shape index (κ1) is 14.4. The Bertz CT molecular complexity index is 496. The van der Waals surface area contributed by atoms with Crippen LogP contribution in [-0.4, -0.2) is 53.4 Å². The molecule has 1 N–H and O–H groups in total. The Hall–Kier alpha value is -2.04. The summed E-state index contributed by atoms with van der Waals surface area (Å²) in [6.45, 7) is 1.72. The van der Waals surface area contributed by atoms with Crippen LogP contribution in [0.25, 0.3) is 0 Å². The lowest BCUT2D eigenvalue weighted by Crippen LogP contribution is -2.40. The highest BCUT2D eigenvalue weighted by Crippen LogP contribution is 2.12. The Morgan fingerprint density at radius 1 is 1.30 bits per heavy atom. The van der Waals surface area contributed by atoms with Gasteiger partial charge in [-0.15, -0.1) is 0 Å². The molecule has 1 saturated heterocycles. The van der Waals surface area contributed by atoms with E-state index in [-0.39, 0.29) is 30.5 Å². The van der Waals surface area contributed by atoms with Crippen molar-refractivity contribution in [1.29, 1.82) is 0 Å². The molecule has 1 aromatic rings. The van der Waals surface area contributed by atoms with Crippen molar-refractivity contribution in [2.75, 3.05) is 26.7 Å². The lowest BCUT2D eigenvalue weighted by molar-refractivity contribution is -0.138. The number of hydrogen-bond acceptors (Lipinski definition) is 3. The molecule has 0 aliphatic carbocycles. The topological polar surface area (TPSA) is 60.9 Å². The van der Waals surface area contributed by atoms with Crippen LogP contribution in [-0.2, 0) is 16.0 Å². The molecule has 0 unspecified atom stereocenters. The highest BCUT2D eigenvalue weighted by Gasteiger charge is 2.21. The zero-order valence-corrected chi connectivity index (χ0v) is 11.7. The number of carbonyl (C=O) groups excluding carboxylic acids is 2. The summed E-state index contributed by atoms with van der Waals surface area (Å²) in [4.78, 5) is 27.3. The maximum absolute atomic E-state index is 12.0. The Morgan fingerprint density at radius 3 is 2.65 bits per heavy atom. The van der Waals surface area contributed by atoms with E-state index in [1.807, 2.05) is 0 Å². The molecule has 0 radical (unpaired) electrons. The molecular formula is C15H20N2O3. The molecule has 108 valence electrons.